The molecule has 7 nitrogen and oxygen atoms in total. The van der Waals surface area contributed by atoms with Gasteiger partial charge in [-0.3, -0.25) is 4.72 Å². The summed E-state index contributed by atoms with van der Waals surface area (Å²) in [7, 11) is -1.16. The highest BCUT2D eigenvalue weighted by Crippen LogP contribution is 2.33. The van der Waals surface area contributed by atoms with Crippen molar-refractivity contribution in [1.82, 2.24) is 14.9 Å². The number of nitrogens with zero attached hydrogens (tertiary/aromatic N) is 3. The average molecular weight is 516 g/mol. The lowest BCUT2D eigenvalue weighted by molar-refractivity contribution is 0.313. The number of likely N-dealkylation sites (N-methyl/N-ethyl adjacent to an activating group) is 1. The molecule has 0 bridgehead atoms. The molecule has 37 heavy (non-hydrogen) atoms. The number of fused-ring (bicyclic) bond motifs is 1. The smallest absolute Gasteiger partial charge is 0.235 e. The fourth-order valence-corrected chi connectivity index (χ4v) is 7.08. The van der Waals surface area contributed by atoms with Crippen molar-refractivity contribution in [3.8, 4) is 22.3 Å². The van der Waals surface area contributed by atoms with Gasteiger partial charge in [0.2, 0.25) is 10.0 Å². The van der Waals surface area contributed by atoms with Gasteiger partial charge in [-0.2, -0.15) is 0 Å². The van der Waals surface area contributed by atoms with Crippen molar-refractivity contribution >= 4 is 32.4 Å². The number of pyridine rings is 1. The molecular formula is C29H33N5O2S. The molecule has 1 aliphatic heterocycles. The number of aromatic nitrogens is 2. The van der Waals surface area contributed by atoms with E-state index in [9.17, 15) is 8.42 Å². The van der Waals surface area contributed by atoms with E-state index in [-0.39, 0.29) is 5.25 Å². The summed E-state index contributed by atoms with van der Waals surface area (Å²) in [6.07, 6.45) is 7.35. The van der Waals surface area contributed by atoms with E-state index < -0.39 is 10.0 Å². The van der Waals surface area contributed by atoms with Crippen LogP contribution in [-0.4, -0.2) is 61.8 Å². The SMILES string of the molecule is CN1CCN(c2ccc(-c3cnc4[nH]cc(-c5ccc(NS(=O)(=O)C6CCCC6)cc5)c4c3)cc2)CC1. The maximum absolute atomic E-state index is 12.7. The van der Waals surface area contributed by atoms with E-state index in [2.05, 4.69) is 61.9 Å². The van der Waals surface area contributed by atoms with Crippen LogP contribution in [0.2, 0.25) is 0 Å². The van der Waals surface area contributed by atoms with E-state index in [1.54, 1.807) is 0 Å². The Balaban J connectivity index is 1.22. The average Bonchev–Trinajstić information content (AvgIpc) is 3.61. The summed E-state index contributed by atoms with van der Waals surface area (Å²) in [5, 5.41) is 0.765. The highest BCUT2D eigenvalue weighted by atomic mass is 32.2. The Bertz CT molecular complexity index is 1480. The third-order valence-electron chi connectivity index (χ3n) is 7.80. The lowest BCUT2D eigenvalue weighted by atomic mass is 10.0. The predicted molar refractivity (Wildman–Crippen MR) is 151 cm³/mol. The highest BCUT2D eigenvalue weighted by Gasteiger charge is 2.28. The summed E-state index contributed by atoms with van der Waals surface area (Å²) in [5.41, 5.74) is 6.96. The number of sulfonamides is 1. The predicted octanol–water partition coefficient (Wildman–Crippen LogP) is 5.33. The van der Waals surface area contributed by atoms with Crippen LogP contribution in [0.25, 0.3) is 33.3 Å². The molecule has 8 heteroatoms. The van der Waals surface area contributed by atoms with E-state index in [1.165, 1.54) is 5.69 Å². The molecule has 1 saturated heterocycles. The van der Waals surface area contributed by atoms with Gasteiger partial charge in [-0.05, 0) is 61.3 Å². The highest BCUT2D eigenvalue weighted by molar-refractivity contribution is 7.93. The van der Waals surface area contributed by atoms with E-state index in [1.807, 2.05) is 36.7 Å². The van der Waals surface area contributed by atoms with E-state index in [4.69, 9.17) is 0 Å². The second-order valence-electron chi connectivity index (χ2n) is 10.3. The van der Waals surface area contributed by atoms with E-state index in [0.29, 0.717) is 5.69 Å². The standard InChI is InChI=1S/C29H33N5O2S/c1-33-14-16-34(17-15-33)25-12-8-21(9-13-25)23-18-27-28(20-31-29(27)30-19-23)22-6-10-24(11-7-22)32-37(35,36)26-4-2-3-5-26/h6-13,18-20,26,32H,2-5,14-17H2,1H3,(H,30,31). The summed E-state index contributed by atoms with van der Waals surface area (Å²) in [6.45, 7) is 4.28. The number of piperazine rings is 1. The molecule has 0 atom stereocenters. The fraction of sp³-hybridized carbons (Fsp3) is 0.345. The second-order valence-corrected chi connectivity index (χ2v) is 12.3. The first-order valence-electron chi connectivity index (χ1n) is 13.1. The van der Waals surface area contributed by atoms with Gasteiger partial charge in [-0.1, -0.05) is 37.1 Å². The van der Waals surface area contributed by atoms with Crippen LogP contribution in [0.4, 0.5) is 11.4 Å². The molecule has 1 saturated carbocycles. The quantitative estimate of drug-likeness (QED) is 0.363. The zero-order chi connectivity index (χ0) is 25.4. The Morgan fingerprint density at radius 2 is 1.57 bits per heavy atom. The minimum atomic E-state index is -3.33. The minimum Gasteiger partial charge on any atom is -0.369 e. The number of hydrogen-bond donors (Lipinski definition) is 2. The van der Waals surface area contributed by atoms with Crippen molar-refractivity contribution < 1.29 is 8.42 Å². The molecule has 2 N–H and O–H groups in total. The molecule has 6 rings (SSSR count). The van der Waals surface area contributed by atoms with Crippen LogP contribution in [0.1, 0.15) is 25.7 Å². The van der Waals surface area contributed by atoms with Gasteiger partial charge in [-0.15, -0.1) is 0 Å². The van der Waals surface area contributed by atoms with Gasteiger partial charge in [-0.25, -0.2) is 13.4 Å². The Morgan fingerprint density at radius 1 is 0.892 bits per heavy atom. The zero-order valence-corrected chi connectivity index (χ0v) is 22.0. The van der Waals surface area contributed by atoms with E-state index in [0.717, 1.165) is 85.1 Å². The molecule has 2 aromatic heterocycles. The van der Waals surface area contributed by atoms with Gasteiger partial charge < -0.3 is 14.8 Å². The van der Waals surface area contributed by atoms with Gasteiger partial charge in [0.15, 0.2) is 0 Å². The lowest BCUT2D eigenvalue weighted by Gasteiger charge is -2.34. The summed E-state index contributed by atoms with van der Waals surface area (Å²) in [6, 6.07) is 18.5. The third kappa shape index (κ3) is 4.95. The molecule has 2 aromatic carbocycles. The maximum atomic E-state index is 12.7. The number of nitrogens with one attached hydrogen (secondary N) is 2. The number of aromatic amines is 1. The Kier molecular flexibility index (Phi) is 6.38. The number of anilines is 2. The van der Waals surface area contributed by atoms with Crippen molar-refractivity contribution in [1.29, 1.82) is 0 Å². The zero-order valence-electron chi connectivity index (χ0n) is 21.2. The van der Waals surface area contributed by atoms with Crippen molar-refractivity contribution in [3.63, 3.8) is 0 Å². The van der Waals surface area contributed by atoms with Crippen LogP contribution in [-0.2, 0) is 10.0 Å². The van der Waals surface area contributed by atoms with Gasteiger partial charge in [0.25, 0.3) is 0 Å². The molecule has 2 aliphatic rings. The summed E-state index contributed by atoms with van der Waals surface area (Å²) in [4.78, 5) is 12.8. The number of H-pyrrole nitrogens is 1. The molecule has 0 radical (unpaired) electrons. The topological polar surface area (TPSA) is 81.3 Å². The number of rotatable bonds is 6. The van der Waals surface area contributed by atoms with Gasteiger partial charge >= 0.3 is 0 Å². The van der Waals surface area contributed by atoms with Gasteiger partial charge in [0.1, 0.15) is 5.65 Å². The molecule has 2 fully saturated rings. The molecule has 0 unspecified atom stereocenters. The monoisotopic (exact) mass is 515 g/mol. The fourth-order valence-electron chi connectivity index (χ4n) is 5.49. The molecule has 1 aliphatic carbocycles. The van der Waals surface area contributed by atoms with Crippen LogP contribution in [0.3, 0.4) is 0 Å². The van der Waals surface area contributed by atoms with E-state index >= 15 is 0 Å². The summed E-state index contributed by atoms with van der Waals surface area (Å²) < 4.78 is 28.1. The minimum absolute atomic E-state index is 0.277. The maximum Gasteiger partial charge on any atom is 0.235 e. The van der Waals surface area contributed by atoms with Gasteiger partial charge in [0, 0.05) is 66.5 Å². The van der Waals surface area contributed by atoms with Crippen molar-refractivity contribution in [2.75, 3.05) is 42.8 Å². The normalized spacial score (nSPS) is 17.5. The third-order valence-corrected chi connectivity index (χ3v) is 9.67. The van der Waals surface area contributed by atoms with Crippen LogP contribution < -0.4 is 9.62 Å². The summed E-state index contributed by atoms with van der Waals surface area (Å²) in [5.74, 6) is 0. The van der Waals surface area contributed by atoms with Crippen LogP contribution >= 0.6 is 0 Å². The number of hydrogen-bond acceptors (Lipinski definition) is 5. The molecule has 4 aromatic rings. The molecular weight excluding hydrogens is 482 g/mol. The second kappa shape index (κ2) is 9.84. The first-order chi connectivity index (χ1) is 18.0. The van der Waals surface area contributed by atoms with Crippen LogP contribution in [0, 0.1) is 0 Å². The molecule has 0 spiro atoms. The Hall–Kier alpha value is -3.36. The summed E-state index contributed by atoms with van der Waals surface area (Å²) >= 11 is 0. The van der Waals surface area contributed by atoms with Crippen LogP contribution in [0.15, 0.2) is 67.0 Å². The Labute approximate surface area is 218 Å². The largest absolute Gasteiger partial charge is 0.369 e. The number of benzene rings is 2. The first kappa shape index (κ1) is 24.0. The van der Waals surface area contributed by atoms with Crippen molar-refractivity contribution in [3.05, 3.63) is 67.0 Å². The molecule has 3 heterocycles. The van der Waals surface area contributed by atoms with Gasteiger partial charge in [0.05, 0.1) is 5.25 Å². The van der Waals surface area contributed by atoms with Crippen LogP contribution in [0.5, 0.6) is 0 Å². The first-order valence-corrected chi connectivity index (χ1v) is 14.6. The Morgan fingerprint density at radius 3 is 2.27 bits per heavy atom. The molecule has 192 valence electrons. The molecule has 0 amide bonds. The van der Waals surface area contributed by atoms with Crippen molar-refractivity contribution in [2.24, 2.45) is 0 Å². The van der Waals surface area contributed by atoms with Crippen molar-refractivity contribution in [2.45, 2.75) is 30.9 Å². The lowest BCUT2D eigenvalue weighted by Crippen LogP contribution is -2.44.